The minimum absolute atomic E-state index is 0. The van der Waals surface area contributed by atoms with Gasteiger partial charge in [0.25, 0.3) is 0 Å². The zero-order valence-electron chi connectivity index (χ0n) is 5.71. The van der Waals surface area contributed by atoms with Gasteiger partial charge in [0.1, 0.15) is 0 Å². The van der Waals surface area contributed by atoms with Crippen molar-refractivity contribution in [2.75, 3.05) is 0 Å². The van der Waals surface area contributed by atoms with Gasteiger partial charge in [-0.05, 0) is 6.92 Å². The number of aliphatic carboxylic acids is 1. The van der Waals surface area contributed by atoms with E-state index >= 15 is 0 Å². The van der Waals surface area contributed by atoms with E-state index in [0.29, 0.717) is 0 Å². The van der Waals surface area contributed by atoms with Crippen LogP contribution in [0.2, 0.25) is 0 Å². The Morgan fingerprint density at radius 1 is 1.44 bits per heavy atom. The van der Waals surface area contributed by atoms with Crippen molar-refractivity contribution in [1.82, 2.24) is 0 Å². The summed E-state index contributed by atoms with van der Waals surface area (Å²) in [6.45, 7) is 0.472. The Morgan fingerprint density at radius 2 is 1.44 bits per heavy atom. The SMILES string of the molecule is CC(=O)[O-].O=C[O-].[Li+].[Li+]. The number of carbonyl (C=O) groups excluding carboxylic acids is 2. The number of hydrogen-bond acceptors (Lipinski definition) is 4. The van der Waals surface area contributed by atoms with Crippen molar-refractivity contribution < 1.29 is 57.5 Å². The van der Waals surface area contributed by atoms with E-state index in [9.17, 15) is 0 Å². The molecule has 0 rings (SSSR count). The second kappa shape index (κ2) is 24.2. The summed E-state index contributed by atoms with van der Waals surface area (Å²) in [4.78, 5) is 17.1. The predicted octanol–water partition coefficient (Wildman–Crippen LogP) is -8.87. The van der Waals surface area contributed by atoms with Crippen molar-refractivity contribution in [2.24, 2.45) is 0 Å². The van der Waals surface area contributed by atoms with Gasteiger partial charge in [0.15, 0.2) is 0 Å². The molecular formula is C3H4Li2O4. The molecule has 0 aliphatic rings. The molecule has 0 aliphatic heterocycles. The fraction of sp³-hybridized carbons (Fsp3) is 0.333. The molecule has 0 saturated heterocycles. The van der Waals surface area contributed by atoms with Crippen molar-refractivity contribution in [1.29, 1.82) is 0 Å². The first-order valence-corrected chi connectivity index (χ1v) is 1.38. The van der Waals surface area contributed by atoms with Gasteiger partial charge in [-0.25, -0.2) is 0 Å². The van der Waals surface area contributed by atoms with Crippen molar-refractivity contribution >= 4 is 12.4 Å². The Kier molecular flexibility index (Phi) is 61.7. The number of carbonyl (C=O) groups is 2. The van der Waals surface area contributed by atoms with Gasteiger partial charge >= 0.3 is 37.7 Å². The summed E-state index contributed by atoms with van der Waals surface area (Å²) in [6, 6.07) is 0. The van der Waals surface area contributed by atoms with Gasteiger partial charge in [-0.3, -0.25) is 0 Å². The van der Waals surface area contributed by atoms with Gasteiger partial charge in [0.05, 0.1) is 0 Å². The molecule has 0 aliphatic carbocycles. The summed E-state index contributed by atoms with van der Waals surface area (Å²) in [6.07, 6.45) is 0. The van der Waals surface area contributed by atoms with Crippen molar-refractivity contribution in [3.8, 4) is 0 Å². The molecule has 4 nitrogen and oxygen atoms in total. The molecule has 0 aromatic rings. The quantitative estimate of drug-likeness (QED) is 0.233. The molecule has 0 atom stereocenters. The van der Waals surface area contributed by atoms with Gasteiger partial charge in [0.2, 0.25) is 0 Å². The van der Waals surface area contributed by atoms with Gasteiger partial charge in [-0.15, -0.1) is 0 Å². The van der Waals surface area contributed by atoms with E-state index in [-0.39, 0.29) is 37.7 Å². The molecule has 0 aromatic heterocycles. The topological polar surface area (TPSA) is 80.3 Å². The molecule has 0 amide bonds. The third kappa shape index (κ3) is 16800. The van der Waals surface area contributed by atoms with Crippen LogP contribution in [0.3, 0.4) is 0 Å². The maximum absolute atomic E-state index is 8.89. The summed E-state index contributed by atoms with van der Waals surface area (Å²) in [5.74, 6) is -1.08. The van der Waals surface area contributed by atoms with Crippen molar-refractivity contribution in [3.05, 3.63) is 0 Å². The summed E-state index contributed by atoms with van der Waals surface area (Å²) in [5, 5.41) is 17.1. The van der Waals surface area contributed by atoms with Crippen LogP contribution in [0.25, 0.3) is 0 Å². The summed E-state index contributed by atoms with van der Waals surface area (Å²) in [7, 11) is 0. The minimum Gasteiger partial charge on any atom is -0.554 e. The van der Waals surface area contributed by atoms with Crippen LogP contribution in [0.4, 0.5) is 0 Å². The minimum atomic E-state index is -1.08. The van der Waals surface area contributed by atoms with Gasteiger partial charge in [-0.1, -0.05) is 0 Å². The molecule has 0 spiro atoms. The summed E-state index contributed by atoms with van der Waals surface area (Å²) in [5.41, 5.74) is 0. The maximum Gasteiger partial charge on any atom is 1.00 e. The first-order chi connectivity index (χ1) is 3.15. The van der Waals surface area contributed by atoms with Crippen LogP contribution in [-0.4, -0.2) is 12.4 Å². The average molecular weight is 118 g/mol. The molecule has 0 N–H and O–H groups in total. The monoisotopic (exact) mass is 118 g/mol. The number of carboxylic acids is 1. The summed E-state index contributed by atoms with van der Waals surface area (Å²) < 4.78 is 0. The zero-order valence-corrected chi connectivity index (χ0v) is 5.71. The van der Waals surface area contributed by atoms with Gasteiger partial charge in [0, 0.05) is 12.4 Å². The van der Waals surface area contributed by atoms with Crippen molar-refractivity contribution in [2.45, 2.75) is 6.92 Å². The van der Waals surface area contributed by atoms with Gasteiger partial charge in [-0.2, -0.15) is 0 Å². The molecular weight excluding hydrogens is 114 g/mol. The van der Waals surface area contributed by atoms with Crippen LogP contribution < -0.4 is 47.9 Å². The van der Waals surface area contributed by atoms with Crippen LogP contribution in [0, 0.1) is 0 Å². The third-order valence-corrected chi connectivity index (χ3v) is 0. The molecule has 0 aromatic carbocycles. The molecule has 42 valence electrons. The first-order valence-electron chi connectivity index (χ1n) is 1.38. The van der Waals surface area contributed by atoms with E-state index < -0.39 is 12.4 Å². The molecule has 0 saturated carbocycles. The summed E-state index contributed by atoms with van der Waals surface area (Å²) >= 11 is 0. The molecule has 9 heavy (non-hydrogen) atoms. The van der Waals surface area contributed by atoms with Gasteiger partial charge < -0.3 is 19.8 Å². The second-order valence-electron chi connectivity index (χ2n) is 0.588. The Balaban J connectivity index is -0.0000000233. The predicted molar refractivity (Wildman–Crippen MR) is 16.7 cm³/mol. The molecule has 0 bridgehead atoms. The van der Waals surface area contributed by atoms with E-state index in [0.717, 1.165) is 6.92 Å². The zero-order chi connectivity index (χ0) is 6.28. The smallest absolute Gasteiger partial charge is 0.554 e. The standard InChI is InChI=1S/C2H4O2.CH2O2.2Li/c1-2(3)4;2-1-3;;/h1H3,(H,3,4);1H,(H,2,3);;/q;;2*+1/p-2. The second-order valence-corrected chi connectivity index (χ2v) is 0.588. The fourth-order valence-corrected chi connectivity index (χ4v) is 0. The third-order valence-electron chi connectivity index (χ3n) is 0. The first kappa shape index (κ1) is 22.9. The fourth-order valence-electron chi connectivity index (χ4n) is 0. The van der Waals surface area contributed by atoms with E-state index in [1.165, 1.54) is 0 Å². The van der Waals surface area contributed by atoms with E-state index in [1.807, 2.05) is 0 Å². The number of rotatable bonds is 0. The van der Waals surface area contributed by atoms with Crippen LogP contribution >= 0.6 is 0 Å². The van der Waals surface area contributed by atoms with Crippen molar-refractivity contribution in [3.63, 3.8) is 0 Å². The largest absolute Gasteiger partial charge is 1.00 e. The Bertz CT molecular complexity index is 60.8. The normalized spacial score (nSPS) is 4.11. The van der Waals surface area contributed by atoms with E-state index in [2.05, 4.69) is 0 Å². The van der Waals surface area contributed by atoms with E-state index in [4.69, 9.17) is 19.8 Å². The molecule has 0 fully saturated rings. The maximum atomic E-state index is 8.89. The number of carboxylic acid groups (broad SMARTS) is 2. The molecule has 6 heteroatoms. The van der Waals surface area contributed by atoms with Crippen LogP contribution in [0.5, 0.6) is 0 Å². The Morgan fingerprint density at radius 3 is 1.44 bits per heavy atom. The average Bonchev–Trinajstić information content (AvgIpc) is 1.33. The van der Waals surface area contributed by atoms with Crippen LogP contribution in [-0.2, 0) is 9.59 Å². The van der Waals surface area contributed by atoms with E-state index in [1.54, 1.807) is 0 Å². The molecule has 0 radical (unpaired) electrons. The Hall–Kier alpha value is 0.135. The molecule has 0 heterocycles. The molecule has 0 unspecified atom stereocenters. The number of hydrogen-bond donors (Lipinski definition) is 0. The van der Waals surface area contributed by atoms with Crippen LogP contribution in [0.15, 0.2) is 0 Å². The Labute approximate surface area is 77.0 Å². The van der Waals surface area contributed by atoms with Crippen LogP contribution in [0.1, 0.15) is 6.92 Å².